The number of hydrogen-bond donors (Lipinski definition) is 1. The van der Waals surface area contributed by atoms with Crippen LogP contribution in [0.15, 0.2) is 58.5 Å². The van der Waals surface area contributed by atoms with Crippen molar-refractivity contribution in [3.05, 3.63) is 64.9 Å². The summed E-state index contributed by atoms with van der Waals surface area (Å²) in [6, 6.07) is 11.3. The SMILES string of the molecule is O=S(=O)(N/N=C/c1ccccc1Cl)c1ccc(F)cc1. The lowest BCUT2D eigenvalue weighted by Gasteiger charge is -2.03. The molecule has 104 valence electrons. The molecule has 0 aliphatic heterocycles. The molecule has 0 fully saturated rings. The highest BCUT2D eigenvalue weighted by atomic mass is 35.5. The van der Waals surface area contributed by atoms with E-state index in [-0.39, 0.29) is 4.90 Å². The van der Waals surface area contributed by atoms with Crippen molar-refractivity contribution in [1.29, 1.82) is 0 Å². The second kappa shape index (κ2) is 6.02. The van der Waals surface area contributed by atoms with Gasteiger partial charge in [0.25, 0.3) is 10.0 Å². The molecule has 1 N–H and O–H groups in total. The maximum atomic E-state index is 12.7. The highest BCUT2D eigenvalue weighted by molar-refractivity contribution is 7.89. The largest absolute Gasteiger partial charge is 0.276 e. The first-order chi connectivity index (χ1) is 9.49. The van der Waals surface area contributed by atoms with Crippen molar-refractivity contribution < 1.29 is 12.8 Å². The van der Waals surface area contributed by atoms with E-state index in [1.165, 1.54) is 6.21 Å². The van der Waals surface area contributed by atoms with Gasteiger partial charge in [0.05, 0.1) is 11.1 Å². The summed E-state index contributed by atoms with van der Waals surface area (Å²) in [5.74, 6) is -0.511. The second-order valence-corrected chi connectivity index (χ2v) is 5.90. The van der Waals surface area contributed by atoms with Gasteiger partial charge in [0.1, 0.15) is 5.82 Å². The highest BCUT2D eigenvalue weighted by Gasteiger charge is 2.12. The average Bonchev–Trinajstić information content (AvgIpc) is 2.41. The summed E-state index contributed by atoms with van der Waals surface area (Å²) in [7, 11) is -3.82. The summed E-state index contributed by atoms with van der Waals surface area (Å²) in [6.45, 7) is 0. The summed E-state index contributed by atoms with van der Waals surface area (Å²) in [5.41, 5.74) is 0.580. The lowest BCUT2D eigenvalue weighted by Crippen LogP contribution is -2.18. The smallest absolute Gasteiger partial charge is 0.207 e. The molecule has 2 aromatic carbocycles. The van der Waals surface area contributed by atoms with Gasteiger partial charge in [0.15, 0.2) is 0 Å². The van der Waals surface area contributed by atoms with E-state index in [0.717, 1.165) is 24.3 Å². The van der Waals surface area contributed by atoms with E-state index < -0.39 is 15.8 Å². The fourth-order valence-electron chi connectivity index (χ4n) is 1.41. The molecule has 4 nitrogen and oxygen atoms in total. The van der Waals surface area contributed by atoms with E-state index >= 15 is 0 Å². The van der Waals surface area contributed by atoms with Crippen molar-refractivity contribution in [2.45, 2.75) is 4.90 Å². The van der Waals surface area contributed by atoms with Gasteiger partial charge in [0.2, 0.25) is 0 Å². The Bertz CT molecular complexity index is 730. The van der Waals surface area contributed by atoms with E-state index in [9.17, 15) is 12.8 Å². The molecule has 0 radical (unpaired) electrons. The van der Waals surface area contributed by atoms with E-state index in [1.54, 1.807) is 24.3 Å². The molecule has 0 aromatic heterocycles. The van der Waals surface area contributed by atoms with Crippen LogP contribution >= 0.6 is 11.6 Å². The van der Waals surface area contributed by atoms with Crippen LogP contribution in [-0.2, 0) is 10.0 Å². The minimum absolute atomic E-state index is 0.0739. The highest BCUT2D eigenvalue weighted by Crippen LogP contribution is 2.13. The van der Waals surface area contributed by atoms with Gasteiger partial charge < -0.3 is 0 Å². The second-order valence-electron chi connectivity index (χ2n) is 3.83. The molecule has 0 saturated heterocycles. The topological polar surface area (TPSA) is 58.5 Å². The Morgan fingerprint density at radius 2 is 1.75 bits per heavy atom. The standard InChI is InChI=1S/C13H10ClFN2O2S/c14-13-4-2-1-3-10(13)9-16-17-20(18,19)12-7-5-11(15)6-8-12/h1-9,17H/b16-9+. The molecular weight excluding hydrogens is 303 g/mol. The number of nitrogens with zero attached hydrogens (tertiary/aromatic N) is 1. The molecule has 7 heteroatoms. The van der Waals surface area contributed by atoms with E-state index in [4.69, 9.17) is 11.6 Å². The van der Waals surface area contributed by atoms with Crippen LogP contribution in [0.3, 0.4) is 0 Å². The molecule has 0 amide bonds. The third kappa shape index (κ3) is 3.55. The number of hydrazone groups is 1. The minimum atomic E-state index is -3.82. The van der Waals surface area contributed by atoms with Crippen LogP contribution in [0.2, 0.25) is 5.02 Å². The van der Waals surface area contributed by atoms with Gasteiger partial charge in [-0.2, -0.15) is 13.5 Å². The molecular formula is C13H10ClFN2O2S. The van der Waals surface area contributed by atoms with Crippen LogP contribution in [0.5, 0.6) is 0 Å². The third-order valence-electron chi connectivity index (χ3n) is 2.41. The Hall–Kier alpha value is -1.92. The van der Waals surface area contributed by atoms with Crippen LogP contribution < -0.4 is 4.83 Å². The molecule has 0 aliphatic carbocycles. The Morgan fingerprint density at radius 3 is 2.40 bits per heavy atom. The molecule has 20 heavy (non-hydrogen) atoms. The third-order valence-corrected chi connectivity index (χ3v) is 3.99. The Morgan fingerprint density at radius 1 is 1.10 bits per heavy atom. The molecule has 0 atom stereocenters. The molecule has 0 spiro atoms. The molecule has 0 saturated carbocycles. The zero-order valence-corrected chi connectivity index (χ0v) is 11.7. The lowest BCUT2D eigenvalue weighted by molar-refractivity contribution is 0.583. The van der Waals surface area contributed by atoms with Crippen molar-refractivity contribution in [2.75, 3.05) is 0 Å². The summed E-state index contributed by atoms with van der Waals surface area (Å²) < 4.78 is 36.4. The number of halogens is 2. The van der Waals surface area contributed by atoms with Crippen molar-refractivity contribution in [2.24, 2.45) is 5.10 Å². The van der Waals surface area contributed by atoms with Crippen molar-refractivity contribution in [3.63, 3.8) is 0 Å². The Balaban J connectivity index is 2.14. The molecule has 0 bridgehead atoms. The number of rotatable bonds is 4. The van der Waals surface area contributed by atoms with Crippen LogP contribution in [-0.4, -0.2) is 14.6 Å². The van der Waals surface area contributed by atoms with Crippen LogP contribution in [0.4, 0.5) is 4.39 Å². The van der Waals surface area contributed by atoms with E-state index in [1.807, 2.05) is 4.83 Å². The van der Waals surface area contributed by atoms with Gasteiger partial charge in [-0.05, 0) is 30.3 Å². The number of nitrogens with one attached hydrogen (secondary N) is 1. The van der Waals surface area contributed by atoms with Crippen molar-refractivity contribution in [1.82, 2.24) is 4.83 Å². The zero-order chi connectivity index (χ0) is 14.6. The van der Waals surface area contributed by atoms with E-state index in [0.29, 0.717) is 10.6 Å². The van der Waals surface area contributed by atoms with Crippen molar-refractivity contribution >= 4 is 27.8 Å². The first-order valence-corrected chi connectivity index (χ1v) is 7.40. The fraction of sp³-hybridized carbons (Fsp3) is 0. The molecule has 0 aliphatic rings. The number of hydrogen-bond acceptors (Lipinski definition) is 3. The molecule has 0 heterocycles. The van der Waals surface area contributed by atoms with Gasteiger partial charge in [-0.15, -0.1) is 0 Å². The molecule has 2 rings (SSSR count). The number of sulfonamides is 1. The number of benzene rings is 2. The van der Waals surface area contributed by atoms with Gasteiger partial charge in [0, 0.05) is 10.6 Å². The monoisotopic (exact) mass is 312 g/mol. The fourth-order valence-corrected chi connectivity index (χ4v) is 2.39. The molecule has 2 aromatic rings. The maximum Gasteiger partial charge on any atom is 0.276 e. The first-order valence-electron chi connectivity index (χ1n) is 5.54. The first kappa shape index (κ1) is 14.5. The minimum Gasteiger partial charge on any atom is -0.207 e. The van der Waals surface area contributed by atoms with Crippen LogP contribution in [0.25, 0.3) is 0 Å². The predicted molar refractivity (Wildman–Crippen MR) is 75.8 cm³/mol. The van der Waals surface area contributed by atoms with Crippen molar-refractivity contribution in [3.8, 4) is 0 Å². The maximum absolute atomic E-state index is 12.7. The summed E-state index contributed by atoms with van der Waals surface area (Å²) >= 11 is 5.90. The summed E-state index contributed by atoms with van der Waals surface area (Å²) in [4.78, 5) is 1.96. The normalized spacial score (nSPS) is 11.7. The average molecular weight is 313 g/mol. The lowest BCUT2D eigenvalue weighted by atomic mass is 10.2. The van der Waals surface area contributed by atoms with Gasteiger partial charge in [-0.3, -0.25) is 0 Å². The summed E-state index contributed by atoms with van der Waals surface area (Å²) in [6.07, 6.45) is 1.30. The summed E-state index contributed by atoms with van der Waals surface area (Å²) in [5, 5.41) is 4.09. The van der Waals surface area contributed by atoms with Gasteiger partial charge in [-0.25, -0.2) is 9.22 Å². The zero-order valence-electron chi connectivity index (χ0n) is 10.1. The van der Waals surface area contributed by atoms with Crippen LogP contribution in [0, 0.1) is 5.82 Å². The predicted octanol–water partition coefficient (Wildman–Crippen LogP) is 2.79. The van der Waals surface area contributed by atoms with Gasteiger partial charge >= 0.3 is 0 Å². The Kier molecular flexibility index (Phi) is 4.36. The quantitative estimate of drug-likeness (QED) is 0.697. The van der Waals surface area contributed by atoms with E-state index in [2.05, 4.69) is 5.10 Å². The Labute approximate surface area is 120 Å². The van der Waals surface area contributed by atoms with Crippen LogP contribution in [0.1, 0.15) is 5.56 Å². The molecule has 0 unspecified atom stereocenters. The van der Waals surface area contributed by atoms with Gasteiger partial charge in [-0.1, -0.05) is 29.8 Å².